The van der Waals surface area contributed by atoms with Crippen LogP contribution in [-0.2, 0) is 4.79 Å². The number of hydrogen-bond donors (Lipinski definition) is 3. The second-order valence-electron chi connectivity index (χ2n) is 6.62. The largest absolute Gasteiger partial charge is 0.508 e. The summed E-state index contributed by atoms with van der Waals surface area (Å²) < 4.78 is 5.00. The van der Waals surface area contributed by atoms with E-state index in [9.17, 15) is 20.0 Å². The van der Waals surface area contributed by atoms with Crippen LogP contribution in [0.2, 0.25) is 0 Å². The minimum Gasteiger partial charge on any atom is -0.508 e. The molecular formula is C19H23N4O5+. The number of rotatable bonds is 6. The van der Waals surface area contributed by atoms with Crippen molar-refractivity contribution >= 4 is 23.0 Å². The van der Waals surface area contributed by atoms with Crippen molar-refractivity contribution in [1.82, 2.24) is 0 Å². The Hall–Kier alpha value is -3.33. The molecule has 1 aliphatic heterocycles. The predicted octanol–water partition coefficient (Wildman–Crippen LogP) is 0.653. The molecule has 0 radical (unpaired) electrons. The number of anilines is 2. The highest BCUT2D eigenvalue weighted by Crippen LogP contribution is 2.28. The van der Waals surface area contributed by atoms with Gasteiger partial charge < -0.3 is 25.0 Å². The normalized spacial score (nSPS) is 14.5. The fraction of sp³-hybridized carbons (Fsp3) is 0.316. The molecule has 0 bridgehead atoms. The number of phenolic OH excluding ortho intramolecular Hbond substituents is 1. The molecule has 1 heterocycles. The number of carbonyl (C=O) groups excluding carboxylic acids is 1. The number of benzene rings is 2. The average molecular weight is 387 g/mol. The van der Waals surface area contributed by atoms with Crippen LogP contribution in [0.25, 0.3) is 0 Å². The predicted molar refractivity (Wildman–Crippen MR) is 104 cm³/mol. The monoisotopic (exact) mass is 387 g/mol. The van der Waals surface area contributed by atoms with Gasteiger partial charge in [-0.05, 0) is 36.4 Å². The summed E-state index contributed by atoms with van der Waals surface area (Å²) in [5.74, 6) is 0.333. The van der Waals surface area contributed by atoms with E-state index in [0.29, 0.717) is 5.75 Å². The lowest BCUT2D eigenvalue weighted by molar-refractivity contribution is -0.892. The Balaban J connectivity index is 1.55. The molecule has 2 aromatic rings. The standard InChI is InChI=1S/C19H22N4O5/c1-28-16-6-7-17(18(12-16)23(26)27)20-19(25)13-21-8-10-22(11-9-21)14-2-4-15(24)5-3-14/h2-7,12,24H,8-11,13H2,1H3,(H,20,25)/p+1. The van der Waals surface area contributed by atoms with Gasteiger partial charge in [-0.1, -0.05) is 0 Å². The summed E-state index contributed by atoms with van der Waals surface area (Å²) in [6.07, 6.45) is 0. The number of methoxy groups -OCH3 is 1. The summed E-state index contributed by atoms with van der Waals surface area (Å²) in [5, 5.41) is 23.3. The molecule has 148 valence electrons. The maximum atomic E-state index is 12.4. The van der Waals surface area contributed by atoms with Gasteiger partial charge in [0.1, 0.15) is 17.2 Å². The maximum absolute atomic E-state index is 12.4. The summed E-state index contributed by atoms with van der Waals surface area (Å²) in [6.45, 7) is 3.37. The Kier molecular flexibility index (Phi) is 5.95. The van der Waals surface area contributed by atoms with Crippen molar-refractivity contribution < 1.29 is 24.5 Å². The van der Waals surface area contributed by atoms with Gasteiger partial charge in [-0.2, -0.15) is 0 Å². The van der Waals surface area contributed by atoms with E-state index in [1.165, 1.54) is 19.2 Å². The summed E-state index contributed by atoms with van der Waals surface area (Å²) in [6, 6.07) is 11.4. The first-order valence-electron chi connectivity index (χ1n) is 8.96. The summed E-state index contributed by atoms with van der Waals surface area (Å²) >= 11 is 0. The molecule has 2 aromatic carbocycles. The molecule has 0 aliphatic carbocycles. The van der Waals surface area contributed by atoms with E-state index in [1.807, 2.05) is 12.1 Å². The van der Waals surface area contributed by atoms with E-state index in [1.54, 1.807) is 18.2 Å². The molecule has 0 spiro atoms. The van der Waals surface area contributed by atoms with Crippen LogP contribution in [0, 0.1) is 10.1 Å². The molecule has 9 nitrogen and oxygen atoms in total. The second-order valence-corrected chi connectivity index (χ2v) is 6.62. The lowest BCUT2D eigenvalue weighted by atomic mass is 10.2. The minimum atomic E-state index is -0.540. The number of carbonyl (C=O) groups is 1. The van der Waals surface area contributed by atoms with Crippen molar-refractivity contribution in [3.05, 3.63) is 52.6 Å². The smallest absolute Gasteiger partial charge is 0.296 e. The quantitative estimate of drug-likeness (QED) is 0.496. The third-order valence-electron chi connectivity index (χ3n) is 4.77. The summed E-state index contributed by atoms with van der Waals surface area (Å²) in [7, 11) is 1.43. The Morgan fingerprint density at radius 1 is 1.25 bits per heavy atom. The number of amides is 1. The number of aromatic hydroxyl groups is 1. The SMILES string of the molecule is COc1ccc(NC(=O)C[NH+]2CCN(c3ccc(O)cc3)CC2)c([N+](=O)[O-])c1. The fourth-order valence-electron chi connectivity index (χ4n) is 3.24. The zero-order chi connectivity index (χ0) is 20.1. The molecule has 3 N–H and O–H groups in total. The van der Waals surface area contributed by atoms with E-state index in [0.717, 1.165) is 36.8 Å². The van der Waals surface area contributed by atoms with Crippen molar-refractivity contribution in [2.75, 3.05) is 50.1 Å². The molecule has 0 aromatic heterocycles. The van der Waals surface area contributed by atoms with Crippen molar-refractivity contribution in [2.45, 2.75) is 0 Å². The Bertz CT molecular complexity index is 848. The number of nitrogens with one attached hydrogen (secondary N) is 2. The number of ether oxygens (including phenoxy) is 1. The number of nitro groups is 1. The Morgan fingerprint density at radius 3 is 2.54 bits per heavy atom. The molecule has 1 aliphatic rings. The first-order valence-corrected chi connectivity index (χ1v) is 8.96. The molecular weight excluding hydrogens is 364 g/mol. The average Bonchev–Trinajstić information content (AvgIpc) is 2.69. The highest BCUT2D eigenvalue weighted by molar-refractivity contribution is 5.93. The third kappa shape index (κ3) is 4.68. The van der Waals surface area contributed by atoms with E-state index < -0.39 is 4.92 Å². The summed E-state index contributed by atoms with van der Waals surface area (Å²) in [5.41, 5.74) is 1.01. The van der Waals surface area contributed by atoms with Gasteiger partial charge in [0.15, 0.2) is 6.54 Å². The van der Waals surface area contributed by atoms with E-state index in [2.05, 4.69) is 10.2 Å². The van der Waals surface area contributed by atoms with Gasteiger partial charge in [0.2, 0.25) is 0 Å². The summed E-state index contributed by atoms with van der Waals surface area (Å²) in [4.78, 5) is 26.4. The lowest BCUT2D eigenvalue weighted by Crippen LogP contribution is -3.15. The van der Waals surface area contributed by atoms with Crippen LogP contribution in [0.1, 0.15) is 0 Å². The first kappa shape index (κ1) is 19.4. The van der Waals surface area contributed by atoms with E-state index in [4.69, 9.17) is 4.74 Å². The number of quaternary nitrogens is 1. The number of nitro benzene ring substituents is 1. The Morgan fingerprint density at radius 2 is 1.93 bits per heavy atom. The van der Waals surface area contributed by atoms with Gasteiger partial charge in [-0.15, -0.1) is 0 Å². The molecule has 3 rings (SSSR count). The molecule has 28 heavy (non-hydrogen) atoms. The van der Waals surface area contributed by atoms with Gasteiger partial charge in [-0.3, -0.25) is 14.9 Å². The number of phenols is 1. The highest BCUT2D eigenvalue weighted by atomic mass is 16.6. The molecule has 1 fully saturated rings. The Labute approximate surface area is 162 Å². The topological polar surface area (TPSA) is 109 Å². The molecule has 0 saturated carbocycles. The maximum Gasteiger partial charge on any atom is 0.296 e. The van der Waals surface area contributed by atoms with Crippen LogP contribution < -0.4 is 19.9 Å². The molecule has 0 unspecified atom stereocenters. The molecule has 1 saturated heterocycles. The van der Waals surface area contributed by atoms with Crippen LogP contribution in [0.4, 0.5) is 17.1 Å². The van der Waals surface area contributed by atoms with E-state index >= 15 is 0 Å². The second kappa shape index (κ2) is 8.57. The number of hydrogen-bond acceptors (Lipinski definition) is 6. The van der Waals surface area contributed by atoms with Crippen LogP contribution in [0.3, 0.4) is 0 Å². The van der Waals surface area contributed by atoms with Crippen LogP contribution in [0.15, 0.2) is 42.5 Å². The zero-order valence-corrected chi connectivity index (χ0v) is 15.6. The number of nitrogens with zero attached hydrogens (tertiary/aromatic N) is 2. The molecule has 9 heteroatoms. The van der Waals surface area contributed by atoms with Gasteiger partial charge >= 0.3 is 0 Å². The zero-order valence-electron chi connectivity index (χ0n) is 15.6. The van der Waals surface area contributed by atoms with Gasteiger partial charge in [0.25, 0.3) is 11.6 Å². The van der Waals surface area contributed by atoms with Crippen LogP contribution >= 0.6 is 0 Å². The molecule has 1 amide bonds. The lowest BCUT2D eigenvalue weighted by Gasteiger charge is -2.33. The van der Waals surface area contributed by atoms with Crippen LogP contribution in [0.5, 0.6) is 11.5 Å². The minimum absolute atomic E-state index is 0.165. The van der Waals surface area contributed by atoms with Crippen molar-refractivity contribution in [3.8, 4) is 11.5 Å². The van der Waals surface area contributed by atoms with Gasteiger partial charge in [0.05, 0.1) is 44.3 Å². The number of piperazine rings is 1. The fourth-order valence-corrected chi connectivity index (χ4v) is 3.24. The molecule has 0 atom stereocenters. The first-order chi connectivity index (χ1) is 13.5. The van der Waals surface area contributed by atoms with Crippen molar-refractivity contribution in [2.24, 2.45) is 0 Å². The van der Waals surface area contributed by atoms with Gasteiger partial charge in [-0.25, -0.2) is 0 Å². The highest BCUT2D eigenvalue weighted by Gasteiger charge is 2.24. The van der Waals surface area contributed by atoms with E-state index in [-0.39, 0.29) is 29.6 Å². The van der Waals surface area contributed by atoms with Gasteiger partial charge in [0, 0.05) is 5.69 Å². The third-order valence-corrected chi connectivity index (χ3v) is 4.77. The van der Waals surface area contributed by atoms with Crippen molar-refractivity contribution in [3.63, 3.8) is 0 Å². The van der Waals surface area contributed by atoms with Crippen molar-refractivity contribution in [1.29, 1.82) is 0 Å². The van der Waals surface area contributed by atoms with Crippen LogP contribution in [-0.4, -0.2) is 55.8 Å².